The van der Waals surface area contributed by atoms with Gasteiger partial charge in [-0.15, -0.1) is 0 Å². The van der Waals surface area contributed by atoms with E-state index < -0.39 is 5.97 Å². The summed E-state index contributed by atoms with van der Waals surface area (Å²) in [4.78, 5) is 19.8. The molecular formula is C23H30N4O3. The van der Waals surface area contributed by atoms with E-state index in [1.807, 2.05) is 30.5 Å². The highest BCUT2D eigenvalue weighted by Gasteiger charge is 2.14. The summed E-state index contributed by atoms with van der Waals surface area (Å²) in [6.45, 7) is 2.81. The van der Waals surface area contributed by atoms with Crippen molar-refractivity contribution in [2.45, 2.75) is 58.4 Å². The Kier molecular flexibility index (Phi) is 7.27. The third kappa shape index (κ3) is 5.28. The number of fused-ring (bicyclic) bond motifs is 1. The highest BCUT2D eigenvalue weighted by molar-refractivity contribution is 5.79. The minimum atomic E-state index is -0.803. The van der Waals surface area contributed by atoms with Crippen molar-refractivity contribution in [2.24, 2.45) is 0 Å². The number of rotatable bonds is 11. The van der Waals surface area contributed by atoms with E-state index in [1.165, 1.54) is 19.3 Å². The van der Waals surface area contributed by atoms with Gasteiger partial charge in [0.05, 0.1) is 30.4 Å². The van der Waals surface area contributed by atoms with Crippen LogP contribution in [0.3, 0.4) is 0 Å². The molecule has 7 nitrogen and oxygen atoms in total. The molecule has 0 unspecified atom stereocenters. The van der Waals surface area contributed by atoms with E-state index in [0.29, 0.717) is 18.9 Å². The van der Waals surface area contributed by atoms with Gasteiger partial charge in [-0.25, -0.2) is 9.97 Å². The second-order valence-electron chi connectivity index (χ2n) is 7.56. The van der Waals surface area contributed by atoms with E-state index in [-0.39, 0.29) is 6.42 Å². The molecule has 0 aliphatic heterocycles. The molecule has 0 aliphatic rings. The van der Waals surface area contributed by atoms with Gasteiger partial charge in [-0.3, -0.25) is 4.79 Å². The van der Waals surface area contributed by atoms with Crippen molar-refractivity contribution in [1.82, 2.24) is 14.5 Å². The number of carboxylic acid groups (broad SMARTS) is 1. The molecule has 0 saturated heterocycles. The Morgan fingerprint density at radius 2 is 2.00 bits per heavy atom. The average Bonchev–Trinajstić information content (AvgIpc) is 3.12. The summed E-state index contributed by atoms with van der Waals surface area (Å²) in [6.07, 6.45) is 8.12. The van der Waals surface area contributed by atoms with Crippen LogP contribution in [0.25, 0.3) is 11.0 Å². The van der Waals surface area contributed by atoms with Crippen LogP contribution in [0.4, 0.5) is 5.95 Å². The molecule has 160 valence electrons. The number of ether oxygens (including phenoxy) is 1. The SMILES string of the molecule is CCCCCCc1nc(N)nc2ccn(Cc3ccc(CCC(=O)O)cc3OC)c12. The molecule has 30 heavy (non-hydrogen) atoms. The van der Waals surface area contributed by atoms with Crippen LogP contribution in [0.5, 0.6) is 5.75 Å². The van der Waals surface area contributed by atoms with Crippen molar-refractivity contribution < 1.29 is 14.6 Å². The van der Waals surface area contributed by atoms with E-state index in [9.17, 15) is 4.79 Å². The summed E-state index contributed by atoms with van der Waals surface area (Å²) >= 11 is 0. The lowest BCUT2D eigenvalue weighted by atomic mass is 10.1. The number of nitrogens with zero attached hydrogens (tertiary/aromatic N) is 3. The molecule has 0 saturated carbocycles. The average molecular weight is 411 g/mol. The maximum atomic E-state index is 10.8. The molecule has 3 rings (SSSR count). The van der Waals surface area contributed by atoms with Crippen LogP contribution in [0.15, 0.2) is 30.5 Å². The largest absolute Gasteiger partial charge is 0.496 e. The normalized spacial score (nSPS) is 11.1. The lowest BCUT2D eigenvalue weighted by Gasteiger charge is -2.14. The number of carbonyl (C=O) groups is 1. The molecule has 2 aromatic heterocycles. The number of aryl methyl sites for hydroxylation is 2. The summed E-state index contributed by atoms with van der Waals surface area (Å²) < 4.78 is 7.72. The van der Waals surface area contributed by atoms with Crippen molar-refractivity contribution in [3.05, 3.63) is 47.3 Å². The second kappa shape index (κ2) is 10.1. The summed E-state index contributed by atoms with van der Waals surface area (Å²) in [5.41, 5.74) is 10.7. The number of hydrogen-bond donors (Lipinski definition) is 2. The Balaban J connectivity index is 1.87. The van der Waals surface area contributed by atoms with Crippen molar-refractivity contribution >= 4 is 23.0 Å². The molecule has 0 amide bonds. The van der Waals surface area contributed by atoms with Gasteiger partial charge in [-0.1, -0.05) is 38.3 Å². The predicted molar refractivity (Wildman–Crippen MR) is 118 cm³/mol. The number of unbranched alkanes of at least 4 members (excludes halogenated alkanes) is 3. The first-order chi connectivity index (χ1) is 14.5. The van der Waals surface area contributed by atoms with Gasteiger partial charge in [-0.2, -0.15) is 0 Å². The van der Waals surface area contributed by atoms with Crippen molar-refractivity contribution in [3.8, 4) is 5.75 Å². The monoisotopic (exact) mass is 410 g/mol. The van der Waals surface area contributed by atoms with Gasteiger partial charge in [0.2, 0.25) is 5.95 Å². The molecular weight excluding hydrogens is 380 g/mol. The third-order valence-electron chi connectivity index (χ3n) is 5.29. The molecule has 3 aromatic rings. The van der Waals surface area contributed by atoms with Gasteiger partial charge in [0.1, 0.15) is 5.75 Å². The van der Waals surface area contributed by atoms with E-state index in [1.54, 1.807) is 7.11 Å². The fraction of sp³-hybridized carbons (Fsp3) is 0.435. The molecule has 0 spiro atoms. The highest BCUT2D eigenvalue weighted by atomic mass is 16.5. The molecule has 2 heterocycles. The van der Waals surface area contributed by atoms with Crippen molar-refractivity contribution in [2.75, 3.05) is 12.8 Å². The number of carboxylic acids is 1. The number of nitrogen functional groups attached to an aromatic ring is 1. The van der Waals surface area contributed by atoms with Crippen LogP contribution in [-0.4, -0.2) is 32.7 Å². The lowest BCUT2D eigenvalue weighted by molar-refractivity contribution is -0.136. The van der Waals surface area contributed by atoms with Gasteiger partial charge in [0.15, 0.2) is 0 Å². The van der Waals surface area contributed by atoms with Crippen LogP contribution in [0.2, 0.25) is 0 Å². The van der Waals surface area contributed by atoms with Gasteiger partial charge < -0.3 is 20.1 Å². The predicted octanol–water partition coefficient (Wildman–Crippen LogP) is 4.21. The Labute approximate surface area is 176 Å². The summed E-state index contributed by atoms with van der Waals surface area (Å²) in [5, 5.41) is 8.91. The topological polar surface area (TPSA) is 103 Å². The number of anilines is 1. The molecule has 7 heteroatoms. The van der Waals surface area contributed by atoms with Crippen LogP contribution in [-0.2, 0) is 24.2 Å². The van der Waals surface area contributed by atoms with E-state index >= 15 is 0 Å². The zero-order valence-corrected chi connectivity index (χ0v) is 17.7. The molecule has 1 aromatic carbocycles. The minimum Gasteiger partial charge on any atom is -0.496 e. The summed E-state index contributed by atoms with van der Waals surface area (Å²) in [7, 11) is 1.64. The van der Waals surface area contributed by atoms with Gasteiger partial charge in [0.25, 0.3) is 0 Å². The second-order valence-corrected chi connectivity index (χ2v) is 7.56. The smallest absolute Gasteiger partial charge is 0.303 e. The van der Waals surface area contributed by atoms with Gasteiger partial charge in [-0.05, 0) is 37.0 Å². The van der Waals surface area contributed by atoms with E-state index in [2.05, 4.69) is 21.5 Å². The van der Waals surface area contributed by atoms with Crippen molar-refractivity contribution in [1.29, 1.82) is 0 Å². The quantitative estimate of drug-likeness (QED) is 0.459. The summed E-state index contributed by atoms with van der Waals surface area (Å²) in [5.74, 6) is 0.259. The maximum Gasteiger partial charge on any atom is 0.303 e. The Morgan fingerprint density at radius 3 is 2.73 bits per heavy atom. The third-order valence-corrected chi connectivity index (χ3v) is 5.29. The Bertz CT molecular complexity index is 1010. The first kappa shape index (κ1) is 21.6. The van der Waals surface area contributed by atoms with Gasteiger partial charge in [0, 0.05) is 18.2 Å². The lowest BCUT2D eigenvalue weighted by Crippen LogP contribution is -2.06. The first-order valence-electron chi connectivity index (χ1n) is 10.5. The molecule has 3 N–H and O–H groups in total. The number of benzene rings is 1. The number of hydrogen-bond acceptors (Lipinski definition) is 5. The minimum absolute atomic E-state index is 0.102. The number of methoxy groups -OCH3 is 1. The maximum absolute atomic E-state index is 10.8. The van der Waals surface area contributed by atoms with E-state index in [0.717, 1.165) is 46.4 Å². The summed E-state index contributed by atoms with van der Waals surface area (Å²) in [6, 6.07) is 7.86. The molecule has 0 aliphatic carbocycles. The first-order valence-corrected chi connectivity index (χ1v) is 10.5. The number of nitrogens with two attached hydrogens (primary N) is 1. The molecule has 0 atom stereocenters. The molecule has 0 fully saturated rings. The van der Waals surface area contributed by atoms with E-state index in [4.69, 9.17) is 15.6 Å². The van der Waals surface area contributed by atoms with Crippen LogP contribution in [0, 0.1) is 0 Å². The molecule has 0 bridgehead atoms. The Hall–Kier alpha value is -3.09. The van der Waals surface area contributed by atoms with Gasteiger partial charge >= 0.3 is 5.97 Å². The number of aliphatic carboxylic acids is 1. The standard InChI is InChI=1S/C23H30N4O3/c1-3-4-5-6-7-18-22-19(26-23(24)25-18)12-13-27(22)15-17-10-8-16(9-11-21(28)29)14-20(17)30-2/h8,10,12-14H,3-7,9,11,15H2,1-2H3,(H,28,29)(H2,24,25,26). The van der Waals surface area contributed by atoms with Crippen LogP contribution in [0.1, 0.15) is 55.8 Å². The fourth-order valence-electron chi connectivity index (χ4n) is 3.74. The van der Waals surface area contributed by atoms with Crippen LogP contribution >= 0.6 is 0 Å². The Morgan fingerprint density at radius 1 is 1.17 bits per heavy atom. The van der Waals surface area contributed by atoms with Crippen LogP contribution < -0.4 is 10.5 Å². The van der Waals surface area contributed by atoms with Crippen molar-refractivity contribution in [3.63, 3.8) is 0 Å². The highest BCUT2D eigenvalue weighted by Crippen LogP contribution is 2.26. The fourth-order valence-corrected chi connectivity index (χ4v) is 3.74. The number of aromatic nitrogens is 3. The zero-order valence-electron chi connectivity index (χ0n) is 17.7. The molecule has 0 radical (unpaired) electrons. The zero-order chi connectivity index (χ0) is 21.5.